The Morgan fingerprint density at radius 3 is 2.71 bits per heavy atom. The van der Waals surface area contributed by atoms with Crippen molar-refractivity contribution < 1.29 is 13.2 Å². The van der Waals surface area contributed by atoms with Gasteiger partial charge in [0.05, 0.1) is 6.20 Å². The van der Waals surface area contributed by atoms with Gasteiger partial charge in [-0.3, -0.25) is 4.98 Å². The molecule has 0 saturated heterocycles. The predicted octanol–water partition coefficient (Wildman–Crippen LogP) is 3.06. The number of anilines is 2. The quantitative estimate of drug-likeness (QED) is 0.903. The summed E-state index contributed by atoms with van der Waals surface area (Å²) in [6.45, 7) is 2.49. The maximum atomic E-state index is 12.8. The summed E-state index contributed by atoms with van der Waals surface area (Å²) in [7, 11) is 0. The smallest absolute Gasteiger partial charge is 0.381 e. The fourth-order valence-corrected chi connectivity index (χ4v) is 2.42. The first-order valence-electron chi connectivity index (χ1n) is 5.98. The summed E-state index contributed by atoms with van der Waals surface area (Å²) in [6, 6.07) is 2.76. The topological polar surface area (TPSA) is 76.7 Å². The Bertz CT molecular complexity index is 633. The largest absolute Gasteiger partial charge is 0.434 e. The van der Waals surface area contributed by atoms with Gasteiger partial charge in [-0.25, -0.2) is 9.97 Å². The van der Waals surface area contributed by atoms with E-state index < -0.39 is 11.9 Å². The number of nitrogens with one attached hydrogen (secondary N) is 1. The number of pyridine rings is 1. The highest BCUT2D eigenvalue weighted by atomic mass is 32.2. The number of hydrogen-bond donors (Lipinski definition) is 2. The third-order valence-electron chi connectivity index (χ3n) is 2.38. The van der Waals surface area contributed by atoms with Gasteiger partial charge in [0, 0.05) is 17.6 Å². The monoisotopic (exact) mass is 315 g/mol. The van der Waals surface area contributed by atoms with E-state index in [-0.39, 0.29) is 15.7 Å². The van der Waals surface area contributed by atoms with E-state index in [2.05, 4.69) is 20.3 Å². The standard InChI is InChI=1S/C12H12F3N5S/c1-2-17-11-10(16)20-8(6-19-11)21-7-4-3-5-18-9(7)12(13,14)15/h3-6H,2H2,1H3,(H2,16,20)(H,17,19). The lowest BCUT2D eigenvalue weighted by molar-refractivity contribution is -0.143. The number of nitrogen functional groups attached to an aromatic ring is 1. The van der Waals surface area contributed by atoms with Crippen LogP contribution < -0.4 is 11.1 Å². The van der Waals surface area contributed by atoms with E-state index in [9.17, 15) is 13.2 Å². The molecule has 0 bridgehead atoms. The summed E-state index contributed by atoms with van der Waals surface area (Å²) in [5.41, 5.74) is 4.74. The normalized spacial score (nSPS) is 11.4. The Balaban J connectivity index is 2.29. The summed E-state index contributed by atoms with van der Waals surface area (Å²) in [6.07, 6.45) is -2.06. The lowest BCUT2D eigenvalue weighted by atomic mass is 10.3. The number of aromatic nitrogens is 3. The van der Waals surface area contributed by atoms with Gasteiger partial charge >= 0.3 is 6.18 Å². The number of rotatable bonds is 4. The number of hydrogen-bond acceptors (Lipinski definition) is 6. The molecule has 0 fully saturated rings. The molecule has 2 rings (SSSR count). The Morgan fingerprint density at radius 1 is 1.33 bits per heavy atom. The number of alkyl halides is 3. The molecule has 2 heterocycles. The van der Waals surface area contributed by atoms with Crippen LogP contribution in [0, 0.1) is 0 Å². The maximum absolute atomic E-state index is 12.8. The van der Waals surface area contributed by atoms with Crippen LogP contribution in [-0.4, -0.2) is 21.5 Å². The molecule has 0 atom stereocenters. The van der Waals surface area contributed by atoms with Crippen molar-refractivity contribution in [3.63, 3.8) is 0 Å². The molecular formula is C12H12F3N5S. The van der Waals surface area contributed by atoms with Gasteiger partial charge in [0.2, 0.25) is 0 Å². The third-order valence-corrected chi connectivity index (χ3v) is 3.33. The van der Waals surface area contributed by atoms with E-state index in [0.29, 0.717) is 12.4 Å². The Morgan fingerprint density at radius 2 is 2.10 bits per heavy atom. The first-order chi connectivity index (χ1) is 9.91. The molecule has 2 aromatic rings. The second-order valence-corrected chi connectivity index (χ2v) is 4.98. The second-order valence-electron chi connectivity index (χ2n) is 3.92. The first-order valence-corrected chi connectivity index (χ1v) is 6.80. The van der Waals surface area contributed by atoms with Crippen LogP contribution in [0.2, 0.25) is 0 Å². The van der Waals surface area contributed by atoms with Crippen molar-refractivity contribution in [2.75, 3.05) is 17.6 Å². The lowest BCUT2D eigenvalue weighted by Gasteiger charge is -2.11. The molecule has 9 heteroatoms. The SMILES string of the molecule is CCNc1ncc(Sc2cccnc2C(F)(F)F)nc1N. The molecule has 3 N–H and O–H groups in total. The van der Waals surface area contributed by atoms with Gasteiger partial charge in [-0.1, -0.05) is 11.8 Å². The van der Waals surface area contributed by atoms with Gasteiger partial charge in [0.25, 0.3) is 0 Å². The Hall–Kier alpha value is -2.03. The third kappa shape index (κ3) is 3.75. The summed E-state index contributed by atoms with van der Waals surface area (Å²) < 4.78 is 38.5. The molecule has 5 nitrogen and oxygen atoms in total. The molecule has 0 unspecified atom stereocenters. The fourth-order valence-electron chi connectivity index (χ4n) is 1.54. The Kier molecular flexibility index (Phi) is 4.51. The van der Waals surface area contributed by atoms with Gasteiger partial charge in [-0.05, 0) is 19.1 Å². The van der Waals surface area contributed by atoms with E-state index in [0.717, 1.165) is 18.0 Å². The zero-order chi connectivity index (χ0) is 15.5. The highest BCUT2D eigenvalue weighted by Gasteiger charge is 2.35. The molecule has 0 amide bonds. The number of halogens is 3. The zero-order valence-electron chi connectivity index (χ0n) is 11.0. The molecule has 112 valence electrons. The van der Waals surface area contributed by atoms with Crippen molar-refractivity contribution in [3.05, 3.63) is 30.2 Å². The predicted molar refractivity (Wildman–Crippen MR) is 74.0 cm³/mol. The average Bonchev–Trinajstić information content (AvgIpc) is 2.41. The van der Waals surface area contributed by atoms with E-state index in [1.165, 1.54) is 18.3 Å². The first kappa shape index (κ1) is 15.4. The molecule has 21 heavy (non-hydrogen) atoms. The highest BCUT2D eigenvalue weighted by molar-refractivity contribution is 7.99. The summed E-state index contributed by atoms with van der Waals surface area (Å²) in [5, 5.41) is 3.17. The molecule has 0 aliphatic carbocycles. The van der Waals surface area contributed by atoms with Gasteiger partial charge in [0.15, 0.2) is 17.3 Å². The van der Waals surface area contributed by atoms with Crippen molar-refractivity contribution in [2.45, 2.75) is 23.0 Å². The van der Waals surface area contributed by atoms with Gasteiger partial charge in [-0.15, -0.1) is 0 Å². The molecule has 0 saturated carbocycles. The minimum Gasteiger partial charge on any atom is -0.381 e. The molecular weight excluding hydrogens is 303 g/mol. The zero-order valence-corrected chi connectivity index (χ0v) is 11.8. The molecule has 0 aliphatic heterocycles. The minimum absolute atomic E-state index is 0.0464. The average molecular weight is 315 g/mol. The van der Waals surface area contributed by atoms with Crippen LogP contribution in [0.15, 0.2) is 34.4 Å². The lowest BCUT2D eigenvalue weighted by Crippen LogP contribution is -2.09. The van der Waals surface area contributed by atoms with Crippen LogP contribution in [0.3, 0.4) is 0 Å². The van der Waals surface area contributed by atoms with Crippen LogP contribution in [0.1, 0.15) is 12.6 Å². The highest BCUT2D eigenvalue weighted by Crippen LogP contribution is 2.37. The molecule has 0 radical (unpaired) electrons. The van der Waals surface area contributed by atoms with E-state index in [4.69, 9.17) is 5.73 Å². The number of nitrogens with two attached hydrogens (primary N) is 1. The molecule has 0 aliphatic rings. The second kappa shape index (κ2) is 6.17. The van der Waals surface area contributed by atoms with E-state index >= 15 is 0 Å². The molecule has 0 aromatic carbocycles. The fraction of sp³-hybridized carbons (Fsp3) is 0.250. The van der Waals surface area contributed by atoms with Crippen LogP contribution in [0.4, 0.5) is 24.8 Å². The van der Waals surface area contributed by atoms with Crippen LogP contribution >= 0.6 is 11.8 Å². The van der Waals surface area contributed by atoms with Crippen LogP contribution in [0.25, 0.3) is 0 Å². The van der Waals surface area contributed by atoms with E-state index in [1.54, 1.807) is 0 Å². The van der Waals surface area contributed by atoms with Crippen molar-refractivity contribution in [1.29, 1.82) is 0 Å². The van der Waals surface area contributed by atoms with Gasteiger partial charge in [-0.2, -0.15) is 13.2 Å². The van der Waals surface area contributed by atoms with E-state index in [1.807, 2.05) is 6.92 Å². The van der Waals surface area contributed by atoms with Crippen LogP contribution in [-0.2, 0) is 6.18 Å². The van der Waals surface area contributed by atoms with Crippen molar-refractivity contribution in [3.8, 4) is 0 Å². The van der Waals surface area contributed by atoms with Gasteiger partial charge in [0.1, 0.15) is 5.03 Å². The van der Waals surface area contributed by atoms with Crippen molar-refractivity contribution in [2.24, 2.45) is 0 Å². The summed E-state index contributed by atoms with van der Waals surface area (Å²) in [5.74, 6) is 0.545. The summed E-state index contributed by atoms with van der Waals surface area (Å²) >= 11 is 0.818. The van der Waals surface area contributed by atoms with Crippen molar-refractivity contribution in [1.82, 2.24) is 15.0 Å². The number of nitrogens with zero attached hydrogens (tertiary/aromatic N) is 3. The van der Waals surface area contributed by atoms with Gasteiger partial charge < -0.3 is 11.1 Å². The van der Waals surface area contributed by atoms with Crippen LogP contribution in [0.5, 0.6) is 0 Å². The molecule has 2 aromatic heterocycles. The Labute approximate surface area is 123 Å². The molecule has 0 spiro atoms. The summed E-state index contributed by atoms with van der Waals surface area (Å²) in [4.78, 5) is 11.4. The maximum Gasteiger partial charge on any atom is 0.434 e. The minimum atomic E-state index is -4.52. The van der Waals surface area contributed by atoms with Crippen molar-refractivity contribution >= 4 is 23.4 Å².